The van der Waals surface area contributed by atoms with Crippen LogP contribution in [0.5, 0.6) is 5.75 Å². The number of anilines is 1. The van der Waals surface area contributed by atoms with Crippen molar-refractivity contribution in [2.75, 3.05) is 18.5 Å². The summed E-state index contributed by atoms with van der Waals surface area (Å²) in [5.41, 5.74) is -0.0140. The third-order valence-corrected chi connectivity index (χ3v) is 6.83. The molecule has 0 radical (unpaired) electrons. The zero-order chi connectivity index (χ0) is 26.8. The van der Waals surface area contributed by atoms with E-state index in [9.17, 15) is 18.0 Å². The average Bonchev–Trinajstić information content (AvgIpc) is 2.81. The molecular formula is C27H46N2O6S. The van der Waals surface area contributed by atoms with E-state index in [1.54, 1.807) is 6.92 Å². The lowest BCUT2D eigenvalue weighted by atomic mass is 10.0. The van der Waals surface area contributed by atoms with Gasteiger partial charge in [0.2, 0.25) is 15.9 Å². The van der Waals surface area contributed by atoms with E-state index < -0.39 is 21.9 Å². The summed E-state index contributed by atoms with van der Waals surface area (Å²) in [5.74, 6) is -1.09. The number of nitrogens with one attached hydrogen (secondary N) is 1. The van der Waals surface area contributed by atoms with Gasteiger partial charge in [-0.15, -0.1) is 0 Å². The summed E-state index contributed by atoms with van der Waals surface area (Å²) in [6.07, 6.45) is 17.4. The Hall–Kier alpha value is -2.13. The van der Waals surface area contributed by atoms with Gasteiger partial charge in [-0.2, -0.15) is 0 Å². The van der Waals surface area contributed by atoms with Gasteiger partial charge >= 0.3 is 5.97 Å². The summed E-state index contributed by atoms with van der Waals surface area (Å²) < 4.78 is 34.7. The summed E-state index contributed by atoms with van der Waals surface area (Å²) in [5, 5.41) is 7.79. The molecule has 206 valence electrons. The topological polar surface area (TPSA) is 125 Å². The standard InChI is InChI=1S/C27H46N2O6S/c1-4-6-7-8-9-10-11-12-13-14-15-16-17-18-19-35-26-24(27(31)34-5-2)20-23(36(28,32)33)21-25(26)29-22(3)30/h20-21H,4-19H2,1-3H3,(H,29,30)(H2,28,32,33). The Balaban J connectivity index is 2.50. The fraction of sp³-hybridized carbons (Fsp3) is 0.704. The van der Waals surface area contributed by atoms with Crippen LogP contribution in [0.3, 0.4) is 0 Å². The minimum Gasteiger partial charge on any atom is -0.490 e. The van der Waals surface area contributed by atoms with Crippen molar-refractivity contribution in [2.24, 2.45) is 5.14 Å². The fourth-order valence-corrected chi connectivity index (χ4v) is 4.60. The Kier molecular flexibility index (Phi) is 16.1. The number of benzene rings is 1. The Labute approximate surface area is 217 Å². The molecule has 0 atom stereocenters. The Morgan fingerprint density at radius 1 is 0.833 bits per heavy atom. The molecule has 8 nitrogen and oxygen atoms in total. The van der Waals surface area contributed by atoms with Crippen molar-refractivity contribution in [3.8, 4) is 5.75 Å². The van der Waals surface area contributed by atoms with Crippen molar-refractivity contribution >= 4 is 27.6 Å². The van der Waals surface area contributed by atoms with Gasteiger partial charge in [0.15, 0.2) is 5.75 Å². The maximum atomic E-state index is 12.5. The predicted octanol–water partition coefficient (Wildman–Crippen LogP) is 6.33. The van der Waals surface area contributed by atoms with Gasteiger partial charge < -0.3 is 14.8 Å². The van der Waals surface area contributed by atoms with E-state index in [2.05, 4.69) is 12.2 Å². The van der Waals surface area contributed by atoms with Crippen LogP contribution in [0, 0.1) is 0 Å². The Morgan fingerprint density at radius 3 is 1.78 bits per heavy atom. The predicted molar refractivity (Wildman–Crippen MR) is 144 cm³/mol. The average molecular weight is 527 g/mol. The largest absolute Gasteiger partial charge is 0.490 e. The molecule has 0 bridgehead atoms. The first-order valence-electron chi connectivity index (χ1n) is 13.5. The first-order chi connectivity index (χ1) is 17.2. The molecule has 0 heterocycles. The molecule has 36 heavy (non-hydrogen) atoms. The molecule has 1 amide bonds. The first-order valence-corrected chi connectivity index (χ1v) is 15.0. The molecule has 1 aromatic carbocycles. The number of unbranched alkanes of at least 4 members (excludes halogenated alkanes) is 13. The molecule has 3 N–H and O–H groups in total. The minimum absolute atomic E-state index is 0.0717. The van der Waals surface area contributed by atoms with E-state index in [1.165, 1.54) is 83.6 Å². The lowest BCUT2D eigenvalue weighted by molar-refractivity contribution is -0.114. The summed E-state index contributed by atoms with van der Waals surface area (Å²) >= 11 is 0. The number of hydrogen-bond acceptors (Lipinski definition) is 6. The van der Waals surface area contributed by atoms with Crippen molar-refractivity contribution in [2.45, 2.75) is 116 Å². The molecule has 0 saturated carbocycles. The van der Waals surface area contributed by atoms with E-state index in [0.29, 0.717) is 6.61 Å². The Morgan fingerprint density at radius 2 is 1.33 bits per heavy atom. The molecule has 0 aromatic heterocycles. The zero-order valence-electron chi connectivity index (χ0n) is 22.4. The highest BCUT2D eigenvalue weighted by atomic mass is 32.2. The van der Waals surface area contributed by atoms with Gasteiger partial charge in [-0.25, -0.2) is 18.4 Å². The highest BCUT2D eigenvalue weighted by Crippen LogP contribution is 2.33. The second-order valence-corrected chi connectivity index (χ2v) is 10.8. The number of rotatable bonds is 20. The molecule has 1 rings (SSSR count). The summed E-state index contributed by atoms with van der Waals surface area (Å²) in [6, 6.07) is 2.32. The van der Waals surface area contributed by atoms with E-state index >= 15 is 0 Å². The molecule has 0 aliphatic heterocycles. The highest BCUT2D eigenvalue weighted by molar-refractivity contribution is 7.89. The van der Waals surface area contributed by atoms with Crippen LogP contribution in [0.15, 0.2) is 17.0 Å². The summed E-state index contributed by atoms with van der Waals surface area (Å²) in [4.78, 5) is 23.9. The monoisotopic (exact) mass is 526 g/mol. The number of ether oxygens (including phenoxy) is 2. The molecule has 0 aliphatic rings. The number of amides is 1. The number of sulfonamides is 1. The van der Waals surface area contributed by atoms with Gasteiger partial charge in [-0.1, -0.05) is 90.4 Å². The zero-order valence-corrected chi connectivity index (χ0v) is 23.2. The number of carbonyl (C=O) groups is 2. The molecule has 0 fully saturated rings. The van der Waals surface area contributed by atoms with Crippen LogP contribution in [0.1, 0.15) is 121 Å². The van der Waals surface area contributed by atoms with Crippen LogP contribution < -0.4 is 15.2 Å². The van der Waals surface area contributed by atoms with Gasteiger partial charge in [0, 0.05) is 6.92 Å². The van der Waals surface area contributed by atoms with Crippen molar-refractivity contribution in [3.63, 3.8) is 0 Å². The number of primary sulfonamides is 1. The molecular weight excluding hydrogens is 480 g/mol. The lowest BCUT2D eigenvalue weighted by Crippen LogP contribution is -2.18. The smallest absolute Gasteiger partial charge is 0.342 e. The molecule has 1 aromatic rings. The van der Waals surface area contributed by atoms with Crippen LogP contribution in [-0.2, 0) is 19.6 Å². The van der Waals surface area contributed by atoms with E-state index in [1.807, 2.05) is 0 Å². The third-order valence-electron chi connectivity index (χ3n) is 5.94. The number of carbonyl (C=O) groups excluding carboxylic acids is 2. The van der Waals surface area contributed by atoms with Gasteiger partial charge in [-0.3, -0.25) is 4.79 Å². The fourth-order valence-electron chi connectivity index (χ4n) is 4.04. The van der Waals surface area contributed by atoms with Crippen LogP contribution in [0.2, 0.25) is 0 Å². The second-order valence-electron chi connectivity index (χ2n) is 9.24. The van der Waals surface area contributed by atoms with Crippen LogP contribution in [0.25, 0.3) is 0 Å². The molecule has 0 spiro atoms. The van der Waals surface area contributed by atoms with E-state index in [4.69, 9.17) is 14.6 Å². The van der Waals surface area contributed by atoms with Gasteiger partial charge in [0.25, 0.3) is 0 Å². The van der Waals surface area contributed by atoms with Crippen molar-refractivity contribution in [1.29, 1.82) is 0 Å². The summed E-state index contributed by atoms with van der Waals surface area (Å²) in [6.45, 7) is 5.60. The normalized spacial score (nSPS) is 11.3. The van der Waals surface area contributed by atoms with Crippen LogP contribution >= 0.6 is 0 Å². The first kappa shape index (κ1) is 31.9. The van der Waals surface area contributed by atoms with Gasteiger partial charge in [0.1, 0.15) is 5.56 Å². The number of hydrogen-bond donors (Lipinski definition) is 2. The minimum atomic E-state index is -4.11. The van der Waals surface area contributed by atoms with Gasteiger partial charge in [0.05, 0.1) is 23.8 Å². The van der Waals surface area contributed by atoms with E-state index in [0.717, 1.165) is 25.3 Å². The van der Waals surface area contributed by atoms with E-state index in [-0.39, 0.29) is 28.5 Å². The van der Waals surface area contributed by atoms with Crippen molar-refractivity contribution < 1.29 is 27.5 Å². The molecule has 0 unspecified atom stereocenters. The second kappa shape index (κ2) is 18.2. The maximum absolute atomic E-state index is 12.5. The van der Waals surface area contributed by atoms with Crippen LogP contribution in [0.4, 0.5) is 5.69 Å². The summed E-state index contributed by atoms with van der Waals surface area (Å²) in [7, 11) is -4.11. The van der Waals surface area contributed by atoms with Crippen LogP contribution in [-0.4, -0.2) is 33.5 Å². The quantitative estimate of drug-likeness (QED) is 0.151. The lowest BCUT2D eigenvalue weighted by Gasteiger charge is -2.17. The maximum Gasteiger partial charge on any atom is 0.342 e. The van der Waals surface area contributed by atoms with Gasteiger partial charge in [-0.05, 0) is 25.5 Å². The van der Waals surface area contributed by atoms with Crippen molar-refractivity contribution in [3.05, 3.63) is 17.7 Å². The molecule has 0 saturated heterocycles. The highest BCUT2D eigenvalue weighted by Gasteiger charge is 2.23. The SMILES string of the molecule is CCCCCCCCCCCCCCCCOc1c(NC(C)=O)cc(S(N)(=O)=O)cc1C(=O)OCC. The van der Waals surface area contributed by atoms with Crippen molar-refractivity contribution in [1.82, 2.24) is 0 Å². The Bertz CT molecular complexity index is 902. The number of nitrogens with two attached hydrogens (primary N) is 1. The molecule has 0 aliphatic carbocycles. The number of esters is 1. The third kappa shape index (κ3) is 13.3. The molecule has 9 heteroatoms.